The Morgan fingerprint density at radius 1 is 1.44 bits per heavy atom. The van der Waals surface area contributed by atoms with Crippen molar-refractivity contribution >= 4 is 15.9 Å². The van der Waals surface area contributed by atoms with E-state index in [0.717, 1.165) is 18.3 Å². The minimum atomic E-state index is 0.613. The molecule has 2 heteroatoms. The molecule has 0 radical (unpaired) electrons. The van der Waals surface area contributed by atoms with Crippen molar-refractivity contribution in [1.29, 1.82) is 0 Å². The number of benzene rings is 1. The van der Waals surface area contributed by atoms with Crippen LogP contribution in [0.3, 0.4) is 0 Å². The molecule has 1 nitrogen and oxygen atoms in total. The summed E-state index contributed by atoms with van der Waals surface area (Å²) in [6.45, 7) is 2.39. The number of hydrogen-bond donors (Lipinski definition) is 1. The Morgan fingerprint density at radius 3 is 2.75 bits per heavy atom. The van der Waals surface area contributed by atoms with Crippen molar-refractivity contribution < 1.29 is 0 Å². The number of halogens is 1. The fourth-order valence-corrected chi connectivity index (χ4v) is 2.87. The van der Waals surface area contributed by atoms with Gasteiger partial charge in [0.25, 0.3) is 0 Å². The lowest BCUT2D eigenvalue weighted by Crippen LogP contribution is -2.35. The normalized spacial score (nSPS) is 19.4. The van der Waals surface area contributed by atoms with E-state index in [-0.39, 0.29) is 0 Å². The van der Waals surface area contributed by atoms with Gasteiger partial charge in [0.05, 0.1) is 0 Å². The summed E-state index contributed by atoms with van der Waals surface area (Å²) in [6.07, 6.45) is 3.99. The van der Waals surface area contributed by atoms with Crippen molar-refractivity contribution in [2.24, 2.45) is 11.8 Å². The maximum atomic E-state index is 3.53. The van der Waals surface area contributed by atoms with Crippen molar-refractivity contribution in [3.8, 4) is 0 Å². The number of hydrogen-bond acceptors (Lipinski definition) is 1. The summed E-state index contributed by atoms with van der Waals surface area (Å²) < 4.78 is 1.18. The van der Waals surface area contributed by atoms with Gasteiger partial charge in [-0.05, 0) is 55.8 Å². The van der Waals surface area contributed by atoms with E-state index in [2.05, 4.69) is 59.5 Å². The van der Waals surface area contributed by atoms with Crippen LogP contribution in [0.5, 0.6) is 0 Å². The van der Waals surface area contributed by atoms with E-state index >= 15 is 0 Å². The van der Waals surface area contributed by atoms with Gasteiger partial charge in [0.2, 0.25) is 0 Å². The summed E-state index contributed by atoms with van der Waals surface area (Å²) in [4.78, 5) is 0. The monoisotopic (exact) mass is 281 g/mol. The van der Waals surface area contributed by atoms with Crippen molar-refractivity contribution in [2.45, 2.75) is 32.2 Å². The maximum absolute atomic E-state index is 3.53. The first-order valence-corrected chi connectivity index (χ1v) is 6.91. The molecule has 1 aromatic rings. The molecule has 0 bridgehead atoms. The van der Waals surface area contributed by atoms with E-state index in [1.807, 2.05) is 0 Å². The zero-order valence-electron chi connectivity index (χ0n) is 10.0. The van der Waals surface area contributed by atoms with Crippen LogP contribution in [0.2, 0.25) is 0 Å². The number of rotatable bonds is 5. The summed E-state index contributed by atoms with van der Waals surface area (Å²) in [6, 6.07) is 9.26. The van der Waals surface area contributed by atoms with Crippen LogP contribution in [-0.2, 0) is 6.42 Å². The first-order valence-electron chi connectivity index (χ1n) is 6.12. The summed E-state index contributed by atoms with van der Waals surface area (Å²) in [5, 5.41) is 3.48. The van der Waals surface area contributed by atoms with E-state index in [0.29, 0.717) is 6.04 Å². The van der Waals surface area contributed by atoms with Gasteiger partial charge in [0.15, 0.2) is 0 Å². The smallest absolute Gasteiger partial charge is 0.0178 e. The topological polar surface area (TPSA) is 12.0 Å². The zero-order valence-corrected chi connectivity index (χ0v) is 11.6. The molecule has 1 aliphatic carbocycles. The summed E-state index contributed by atoms with van der Waals surface area (Å²) in [5.74, 6) is 1.76. The van der Waals surface area contributed by atoms with E-state index in [1.54, 1.807) is 0 Å². The zero-order chi connectivity index (χ0) is 11.5. The minimum absolute atomic E-state index is 0.613. The highest BCUT2D eigenvalue weighted by atomic mass is 79.9. The fourth-order valence-electron chi connectivity index (χ4n) is 2.42. The second-order valence-electron chi connectivity index (χ2n) is 4.93. The second-order valence-corrected chi connectivity index (χ2v) is 5.84. The Balaban J connectivity index is 2.00. The molecular formula is C14H20BrN. The molecule has 0 spiro atoms. The minimum Gasteiger partial charge on any atom is -0.316 e. The second kappa shape index (κ2) is 5.33. The average Bonchev–Trinajstić information content (AvgIpc) is 3.09. The lowest BCUT2D eigenvalue weighted by molar-refractivity contribution is 0.357. The lowest BCUT2D eigenvalue weighted by atomic mass is 9.91. The van der Waals surface area contributed by atoms with Gasteiger partial charge < -0.3 is 5.32 Å². The summed E-state index contributed by atoms with van der Waals surface area (Å²) >= 11 is 3.53. The van der Waals surface area contributed by atoms with Crippen molar-refractivity contribution in [3.63, 3.8) is 0 Å². The van der Waals surface area contributed by atoms with E-state index in [9.17, 15) is 0 Å². The molecule has 0 aromatic heterocycles. The first-order chi connectivity index (χ1) is 7.70. The van der Waals surface area contributed by atoms with Gasteiger partial charge in [-0.3, -0.25) is 0 Å². The van der Waals surface area contributed by atoms with E-state index < -0.39 is 0 Å². The Morgan fingerprint density at radius 2 is 2.19 bits per heavy atom. The quantitative estimate of drug-likeness (QED) is 0.869. The number of likely N-dealkylation sites (N-methyl/N-ethyl adjacent to an activating group) is 1. The predicted octanol–water partition coefficient (Wildman–Crippen LogP) is 3.63. The summed E-state index contributed by atoms with van der Waals surface area (Å²) in [5.41, 5.74) is 1.42. The van der Waals surface area contributed by atoms with Crippen molar-refractivity contribution in [1.82, 2.24) is 5.32 Å². The van der Waals surface area contributed by atoms with Gasteiger partial charge in [0, 0.05) is 10.5 Å². The van der Waals surface area contributed by atoms with E-state index in [1.165, 1.54) is 22.9 Å². The van der Waals surface area contributed by atoms with E-state index in [4.69, 9.17) is 0 Å². The third kappa shape index (κ3) is 3.08. The van der Waals surface area contributed by atoms with Crippen LogP contribution < -0.4 is 5.32 Å². The van der Waals surface area contributed by atoms with Crippen molar-refractivity contribution in [3.05, 3.63) is 34.3 Å². The van der Waals surface area contributed by atoms with Gasteiger partial charge in [-0.2, -0.15) is 0 Å². The Bertz CT molecular complexity index is 346. The van der Waals surface area contributed by atoms with Crippen LogP contribution in [0.4, 0.5) is 0 Å². The highest BCUT2D eigenvalue weighted by Crippen LogP contribution is 2.38. The highest BCUT2D eigenvalue weighted by molar-refractivity contribution is 9.10. The van der Waals surface area contributed by atoms with Crippen molar-refractivity contribution in [2.75, 3.05) is 7.05 Å². The molecule has 1 aliphatic rings. The van der Waals surface area contributed by atoms with Crippen LogP contribution in [0, 0.1) is 11.8 Å². The molecule has 1 aromatic carbocycles. The molecule has 2 rings (SSSR count). The molecule has 0 aliphatic heterocycles. The first kappa shape index (κ1) is 12.1. The third-order valence-corrected chi connectivity index (χ3v) is 4.21. The van der Waals surface area contributed by atoms with Crippen LogP contribution in [0.25, 0.3) is 0 Å². The molecule has 2 unspecified atom stereocenters. The Hall–Kier alpha value is -0.340. The maximum Gasteiger partial charge on any atom is 0.0178 e. The highest BCUT2D eigenvalue weighted by Gasteiger charge is 2.32. The number of nitrogens with one attached hydrogen (secondary N) is 1. The molecular weight excluding hydrogens is 262 g/mol. The van der Waals surface area contributed by atoms with Gasteiger partial charge in [-0.15, -0.1) is 0 Å². The molecule has 1 N–H and O–H groups in total. The SMILES string of the molecule is CNC(Cc1cccc(Br)c1)C(C)C1CC1. The largest absolute Gasteiger partial charge is 0.316 e. The summed E-state index contributed by atoms with van der Waals surface area (Å²) in [7, 11) is 2.08. The van der Waals surface area contributed by atoms with Gasteiger partial charge >= 0.3 is 0 Å². The molecule has 2 atom stereocenters. The van der Waals surface area contributed by atoms with Gasteiger partial charge in [-0.25, -0.2) is 0 Å². The molecule has 88 valence electrons. The third-order valence-electron chi connectivity index (χ3n) is 3.72. The van der Waals surface area contributed by atoms with Crippen LogP contribution >= 0.6 is 15.9 Å². The molecule has 16 heavy (non-hydrogen) atoms. The Labute approximate surface area is 107 Å². The standard InChI is InChI=1S/C14H20BrN/c1-10(12-6-7-12)14(16-2)9-11-4-3-5-13(15)8-11/h3-5,8,10,12,14,16H,6-7,9H2,1-2H3. The Kier molecular flexibility index (Phi) is 4.04. The molecule has 1 saturated carbocycles. The molecule has 0 heterocycles. The van der Waals surface area contributed by atoms with Crippen LogP contribution in [0.15, 0.2) is 28.7 Å². The lowest BCUT2D eigenvalue weighted by Gasteiger charge is -2.23. The average molecular weight is 282 g/mol. The van der Waals surface area contributed by atoms with Gasteiger partial charge in [0.1, 0.15) is 0 Å². The molecule has 0 amide bonds. The van der Waals surface area contributed by atoms with Crippen LogP contribution in [0.1, 0.15) is 25.3 Å². The molecule has 0 saturated heterocycles. The fraction of sp³-hybridized carbons (Fsp3) is 0.571. The predicted molar refractivity (Wildman–Crippen MR) is 72.6 cm³/mol. The molecule has 1 fully saturated rings. The van der Waals surface area contributed by atoms with Crippen LogP contribution in [-0.4, -0.2) is 13.1 Å². The van der Waals surface area contributed by atoms with Gasteiger partial charge in [-0.1, -0.05) is 35.0 Å².